The van der Waals surface area contributed by atoms with Gasteiger partial charge in [0.05, 0.1) is 21.5 Å². The van der Waals surface area contributed by atoms with Gasteiger partial charge in [-0.25, -0.2) is 4.68 Å². The second-order valence-corrected chi connectivity index (χ2v) is 5.88. The Morgan fingerprint density at radius 2 is 1.85 bits per heavy atom. The molecule has 104 valence electrons. The Bertz CT molecular complexity index is 657. The van der Waals surface area contributed by atoms with Gasteiger partial charge in [-0.1, -0.05) is 0 Å². The molecule has 3 rings (SSSR count). The van der Waals surface area contributed by atoms with Crippen LogP contribution in [0, 0.1) is 13.8 Å². The van der Waals surface area contributed by atoms with E-state index < -0.39 is 0 Å². The number of amides is 1. The SMILES string of the molecule is Cc1nn(-c2ccc(C(=O)N3CCC3)cc2)c(C)c1Br. The van der Waals surface area contributed by atoms with E-state index >= 15 is 0 Å². The van der Waals surface area contributed by atoms with Crippen molar-refractivity contribution < 1.29 is 4.79 Å². The van der Waals surface area contributed by atoms with Crippen LogP contribution in [0.5, 0.6) is 0 Å². The molecule has 0 radical (unpaired) electrons. The summed E-state index contributed by atoms with van der Waals surface area (Å²) < 4.78 is 2.91. The molecule has 4 nitrogen and oxygen atoms in total. The minimum atomic E-state index is 0.123. The minimum Gasteiger partial charge on any atom is -0.339 e. The molecule has 1 aliphatic rings. The van der Waals surface area contributed by atoms with Crippen molar-refractivity contribution in [1.29, 1.82) is 0 Å². The highest BCUT2D eigenvalue weighted by Gasteiger charge is 2.21. The maximum absolute atomic E-state index is 12.1. The molecule has 0 saturated carbocycles. The molecule has 20 heavy (non-hydrogen) atoms. The van der Waals surface area contributed by atoms with Crippen LogP contribution in [-0.4, -0.2) is 33.7 Å². The summed E-state index contributed by atoms with van der Waals surface area (Å²) in [6.45, 7) is 5.74. The van der Waals surface area contributed by atoms with Crippen molar-refractivity contribution in [1.82, 2.24) is 14.7 Å². The number of carbonyl (C=O) groups excluding carboxylic acids is 1. The summed E-state index contributed by atoms with van der Waals surface area (Å²) in [4.78, 5) is 14.0. The van der Waals surface area contributed by atoms with E-state index in [-0.39, 0.29) is 5.91 Å². The first kappa shape index (κ1) is 13.4. The van der Waals surface area contributed by atoms with Crippen molar-refractivity contribution in [3.63, 3.8) is 0 Å². The van der Waals surface area contributed by atoms with E-state index in [1.165, 1.54) is 0 Å². The quantitative estimate of drug-likeness (QED) is 0.846. The predicted octanol–water partition coefficient (Wildman–Crippen LogP) is 3.10. The van der Waals surface area contributed by atoms with Crippen LogP contribution < -0.4 is 0 Å². The lowest BCUT2D eigenvalue weighted by molar-refractivity contribution is 0.0652. The molecule has 2 heterocycles. The summed E-state index contributed by atoms with van der Waals surface area (Å²) in [6.07, 6.45) is 1.11. The maximum Gasteiger partial charge on any atom is 0.253 e. The lowest BCUT2D eigenvalue weighted by Crippen LogP contribution is -2.41. The molecule has 0 aliphatic carbocycles. The van der Waals surface area contributed by atoms with Crippen LogP contribution in [0.2, 0.25) is 0 Å². The fourth-order valence-electron chi connectivity index (χ4n) is 2.32. The zero-order valence-electron chi connectivity index (χ0n) is 11.6. The Morgan fingerprint density at radius 1 is 1.20 bits per heavy atom. The van der Waals surface area contributed by atoms with Gasteiger partial charge in [0.1, 0.15) is 0 Å². The molecule has 0 N–H and O–H groups in total. The second-order valence-electron chi connectivity index (χ2n) is 5.09. The van der Waals surface area contributed by atoms with Crippen molar-refractivity contribution in [3.05, 3.63) is 45.7 Å². The molecule has 1 aromatic carbocycles. The summed E-state index contributed by atoms with van der Waals surface area (Å²) in [5, 5.41) is 4.49. The van der Waals surface area contributed by atoms with Crippen LogP contribution in [0.3, 0.4) is 0 Å². The van der Waals surface area contributed by atoms with Gasteiger partial charge in [-0.3, -0.25) is 4.79 Å². The third kappa shape index (κ3) is 2.16. The average Bonchev–Trinajstić information content (AvgIpc) is 2.65. The van der Waals surface area contributed by atoms with E-state index in [1.54, 1.807) is 0 Å². The monoisotopic (exact) mass is 333 g/mol. The highest BCUT2D eigenvalue weighted by Crippen LogP contribution is 2.23. The number of hydrogen-bond donors (Lipinski definition) is 0. The largest absolute Gasteiger partial charge is 0.339 e. The van der Waals surface area contributed by atoms with Crippen molar-refractivity contribution in [2.45, 2.75) is 20.3 Å². The molecular weight excluding hydrogens is 318 g/mol. The van der Waals surface area contributed by atoms with Gasteiger partial charge in [-0.05, 0) is 60.5 Å². The molecule has 0 atom stereocenters. The standard InChI is InChI=1S/C15H16BrN3O/c1-10-14(16)11(2)19(17-10)13-6-4-12(5-7-13)15(20)18-8-3-9-18/h4-7H,3,8-9H2,1-2H3. The molecule has 5 heteroatoms. The molecule has 1 amide bonds. The number of hydrogen-bond acceptors (Lipinski definition) is 2. The zero-order valence-corrected chi connectivity index (χ0v) is 13.1. The van der Waals surface area contributed by atoms with Crippen molar-refractivity contribution >= 4 is 21.8 Å². The van der Waals surface area contributed by atoms with Crippen molar-refractivity contribution in [2.24, 2.45) is 0 Å². The van der Waals surface area contributed by atoms with Crippen LogP contribution in [0.25, 0.3) is 5.69 Å². The van der Waals surface area contributed by atoms with E-state index in [0.717, 1.165) is 46.6 Å². The maximum atomic E-state index is 12.1. The molecule has 1 fully saturated rings. The number of carbonyl (C=O) groups is 1. The number of aromatic nitrogens is 2. The van der Waals surface area contributed by atoms with E-state index in [2.05, 4.69) is 21.0 Å². The van der Waals surface area contributed by atoms with Crippen molar-refractivity contribution in [2.75, 3.05) is 13.1 Å². The second kappa shape index (κ2) is 5.05. The zero-order chi connectivity index (χ0) is 14.3. The van der Waals surface area contributed by atoms with Gasteiger partial charge >= 0.3 is 0 Å². The first-order valence-electron chi connectivity index (χ1n) is 6.69. The van der Waals surface area contributed by atoms with Crippen LogP contribution >= 0.6 is 15.9 Å². The molecule has 1 aromatic heterocycles. The summed E-state index contributed by atoms with van der Waals surface area (Å²) in [7, 11) is 0. The molecule has 2 aromatic rings. The van der Waals surface area contributed by atoms with E-state index in [1.807, 2.05) is 47.7 Å². The fourth-order valence-corrected chi connectivity index (χ4v) is 2.57. The van der Waals surface area contributed by atoms with Gasteiger partial charge < -0.3 is 4.90 Å². The highest BCUT2D eigenvalue weighted by molar-refractivity contribution is 9.10. The smallest absolute Gasteiger partial charge is 0.253 e. The Hall–Kier alpha value is -1.62. The Morgan fingerprint density at radius 3 is 2.30 bits per heavy atom. The van der Waals surface area contributed by atoms with Crippen molar-refractivity contribution in [3.8, 4) is 5.69 Å². The number of aryl methyl sites for hydroxylation is 1. The van der Waals surface area contributed by atoms with Gasteiger partial charge in [0.15, 0.2) is 0 Å². The van der Waals surface area contributed by atoms with Gasteiger partial charge in [-0.2, -0.15) is 5.10 Å². The number of benzene rings is 1. The number of likely N-dealkylation sites (tertiary alicyclic amines) is 1. The molecule has 0 spiro atoms. The summed E-state index contributed by atoms with van der Waals surface area (Å²) in [6, 6.07) is 7.64. The summed E-state index contributed by atoms with van der Waals surface area (Å²) in [5.74, 6) is 0.123. The lowest BCUT2D eigenvalue weighted by atomic mass is 10.1. The number of rotatable bonds is 2. The van der Waals surface area contributed by atoms with Crippen LogP contribution in [-0.2, 0) is 0 Å². The van der Waals surface area contributed by atoms with E-state index in [4.69, 9.17) is 0 Å². The first-order chi connectivity index (χ1) is 9.58. The van der Waals surface area contributed by atoms with E-state index in [0.29, 0.717) is 0 Å². The fraction of sp³-hybridized carbons (Fsp3) is 0.333. The molecule has 0 bridgehead atoms. The Balaban J connectivity index is 1.89. The van der Waals surface area contributed by atoms with Gasteiger partial charge in [0, 0.05) is 18.7 Å². The lowest BCUT2D eigenvalue weighted by Gasteiger charge is -2.30. The highest BCUT2D eigenvalue weighted by atomic mass is 79.9. The van der Waals surface area contributed by atoms with Gasteiger partial charge in [-0.15, -0.1) is 0 Å². The Kier molecular flexibility index (Phi) is 3.38. The van der Waals surface area contributed by atoms with Crippen LogP contribution in [0.15, 0.2) is 28.7 Å². The molecule has 1 aliphatic heterocycles. The average molecular weight is 334 g/mol. The van der Waals surface area contributed by atoms with Gasteiger partial charge in [0.2, 0.25) is 0 Å². The van der Waals surface area contributed by atoms with Crippen LogP contribution in [0.4, 0.5) is 0 Å². The summed E-state index contributed by atoms with van der Waals surface area (Å²) >= 11 is 3.53. The normalized spacial score (nSPS) is 14.2. The number of halogens is 1. The molecule has 0 unspecified atom stereocenters. The van der Waals surface area contributed by atoms with Gasteiger partial charge in [0.25, 0.3) is 5.91 Å². The minimum absolute atomic E-state index is 0.123. The van der Waals surface area contributed by atoms with E-state index in [9.17, 15) is 4.79 Å². The first-order valence-corrected chi connectivity index (χ1v) is 7.48. The number of nitrogens with zero attached hydrogens (tertiary/aromatic N) is 3. The Labute approximate surface area is 126 Å². The topological polar surface area (TPSA) is 38.1 Å². The van der Waals surface area contributed by atoms with Crippen LogP contribution in [0.1, 0.15) is 28.2 Å². The molecule has 1 saturated heterocycles. The predicted molar refractivity (Wildman–Crippen MR) is 81.3 cm³/mol. The third-order valence-electron chi connectivity index (χ3n) is 3.71. The third-order valence-corrected chi connectivity index (χ3v) is 4.85. The summed E-state index contributed by atoms with van der Waals surface area (Å²) in [5.41, 5.74) is 3.73. The molecular formula is C15H16BrN3O.